The molecule has 1 aliphatic rings. The zero-order valence-electron chi connectivity index (χ0n) is 12.8. The highest BCUT2D eigenvalue weighted by Gasteiger charge is 2.26. The fraction of sp³-hybridized carbons (Fsp3) is 0.333. The Morgan fingerprint density at radius 2 is 1.78 bits per heavy atom. The molecule has 5 heteroatoms. The van der Waals surface area contributed by atoms with Crippen molar-refractivity contribution in [1.29, 1.82) is 0 Å². The number of rotatable bonds is 4. The summed E-state index contributed by atoms with van der Waals surface area (Å²) in [4.78, 5) is 17.3. The number of hydrogen-bond acceptors (Lipinski definition) is 4. The Morgan fingerprint density at radius 1 is 1.09 bits per heavy atom. The van der Waals surface area contributed by atoms with Gasteiger partial charge in [0.15, 0.2) is 5.69 Å². The minimum Gasteiger partial charge on any atom is -0.477 e. The van der Waals surface area contributed by atoms with Gasteiger partial charge in [0.05, 0.1) is 6.10 Å². The van der Waals surface area contributed by atoms with Gasteiger partial charge in [0.25, 0.3) is 0 Å². The lowest BCUT2D eigenvalue weighted by molar-refractivity contribution is 0.0690. The number of piperidine rings is 1. The van der Waals surface area contributed by atoms with E-state index >= 15 is 0 Å². The van der Waals surface area contributed by atoms with Gasteiger partial charge in [-0.3, -0.25) is 0 Å². The molecule has 2 heterocycles. The van der Waals surface area contributed by atoms with Crippen LogP contribution in [0.1, 0.15) is 35.0 Å². The molecule has 120 valence electrons. The molecule has 1 unspecified atom stereocenters. The molecule has 1 aromatic carbocycles. The molecule has 5 nitrogen and oxygen atoms in total. The Hall–Kier alpha value is -2.40. The van der Waals surface area contributed by atoms with Gasteiger partial charge >= 0.3 is 5.97 Å². The van der Waals surface area contributed by atoms with Crippen LogP contribution in [0.2, 0.25) is 0 Å². The van der Waals surface area contributed by atoms with E-state index in [2.05, 4.69) is 9.88 Å². The van der Waals surface area contributed by atoms with Crippen LogP contribution < -0.4 is 4.90 Å². The van der Waals surface area contributed by atoms with E-state index in [1.165, 1.54) is 6.07 Å². The molecule has 0 aliphatic carbocycles. The molecule has 1 aromatic heterocycles. The number of carbonyl (C=O) groups is 1. The number of benzene rings is 1. The highest BCUT2D eigenvalue weighted by Crippen LogP contribution is 2.31. The van der Waals surface area contributed by atoms with Crippen molar-refractivity contribution in [3.05, 3.63) is 59.8 Å². The van der Waals surface area contributed by atoms with Crippen molar-refractivity contribution < 1.29 is 15.0 Å². The van der Waals surface area contributed by atoms with Crippen LogP contribution in [0.4, 0.5) is 5.82 Å². The van der Waals surface area contributed by atoms with Crippen molar-refractivity contribution >= 4 is 11.8 Å². The van der Waals surface area contributed by atoms with Crippen molar-refractivity contribution in [3.63, 3.8) is 0 Å². The average Bonchev–Trinajstić information content (AvgIpc) is 2.62. The number of pyridine rings is 1. The largest absolute Gasteiger partial charge is 0.477 e. The summed E-state index contributed by atoms with van der Waals surface area (Å²) in [6, 6.07) is 14.8. The first-order valence-corrected chi connectivity index (χ1v) is 7.83. The maximum Gasteiger partial charge on any atom is 0.354 e. The molecular weight excluding hydrogens is 292 g/mol. The van der Waals surface area contributed by atoms with Crippen molar-refractivity contribution in [1.82, 2.24) is 4.98 Å². The maximum atomic E-state index is 11.0. The lowest BCUT2D eigenvalue weighted by atomic mass is 9.87. The van der Waals surface area contributed by atoms with Gasteiger partial charge in [-0.15, -0.1) is 0 Å². The SMILES string of the molecule is O=C(O)c1cccc(N2CCC(C(O)c3ccccc3)CC2)n1. The number of nitrogens with zero attached hydrogens (tertiary/aromatic N) is 2. The summed E-state index contributed by atoms with van der Waals surface area (Å²) in [5.41, 5.74) is 1.02. The number of aromatic carboxylic acids is 1. The van der Waals surface area contributed by atoms with Gasteiger partial charge in [0.2, 0.25) is 0 Å². The number of aliphatic hydroxyl groups excluding tert-OH is 1. The molecule has 3 rings (SSSR count). The molecule has 1 fully saturated rings. The first kappa shape index (κ1) is 15.5. The van der Waals surface area contributed by atoms with Crippen LogP contribution in [0.3, 0.4) is 0 Å². The van der Waals surface area contributed by atoms with Crippen molar-refractivity contribution in [3.8, 4) is 0 Å². The summed E-state index contributed by atoms with van der Waals surface area (Å²) < 4.78 is 0. The average molecular weight is 312 g/mol. The van der Waals surface area contributed by atoms with Crippen molar-refractivity contribution in [2.45, 2.75) is 18.9 Å². The smallest absolute Gasteiger partial charge is 0.354 e. The van der Waals surface area contributed by atoms with Gasteiger partial charge in [0, 0.05) is 13.1 Å². The predicted molar refractivity (Wildman–Crippen MR) is 87.5 cm³/mol. The lowest BCUT2D eigenvalue weighted by Gasteiger charge is -2.35. The third-order valence-electron chi connectivity index (χ3n) is 4.40. The van der Waals surface area contributed by atoms with Gasteiger partial charge in [-0.05, 0) is 36.5 Å². The Kier molecular flexibility index (Phi) is 4.57. The first-order valence-electron chi connectivity index (χ1n) is 7.83. The van der Waals surface area contributed by atoms with Gasteiger partial charge < -0.3 is 15.1 Å². The number of hydrogen-bond donors (Lipinski definition) is 2. The van der Waals surface area contributed by atoms with Crippen LogP contribution in [0.15, 0.2) is 48.5 Å². The molecular formula is C18H20N2O3. The minimum absolute atomic E-state index is 0.0638. The van der Waals surface area contributed by atoms with E-state index in [0.29, 0.717) is 5.82 Å². The second-order valence-corrected chi connectivity index (χ2v) is 5.87. The Balaban J connectivity index is 1.64. The first-order chi connectivity index (χ1) is 11.1. The second kappa shape index (κ2) is 6.79. The maximum absolute atomic E-state index is 11.0. The van der Waals surface area contributed by atoms with Gasteiger partial charge in [-0.1, -0.05) is 36.4 Å². The van der Waals surface area contributed by atoms with Gasteiger partial charge in [0.1, 0.15) is 5.82 Å². The third-order valence-corrected chi connectivity index (χ3v) is 4.40. The summed E-state index contributed by atoms with van der Waals surface area (Å²) in [5.74, 6) is -0.102. The summed E-state index contributed by atoms with van der Waals surface area (Å²) in [7, 11) is 0. The van der Waals surface area contributed by atoms with E-state index in [0.717, 1.165) is 31.5 Å². The fourth-order valence-corrected chi connectivity index (χ4v) is 3.09. The zero-order valence-corrected chi connectivity index (χ0v) is 12.8. The molecule has 0 amide bonds. The number of anilines is 1. The molecule has 2 aromatic rings. The van der Waals surface area contributed by atoms with Crippen LogP contribution in [0, 0.1) is 5.92 Å². The molecule has 1 saturated heterocycles. The number of carboxylic acid groups (broad SMARTS) is 1. The molecule has 0 radical (unpaired) electrons. The fourth-order valence-electron chi connectivity index (χ4n) is 3.09. The van der Waals surface area contributed by atoms with Gasteiger partial charge in [-0.25, -0.2) is 9.78 Å². The molecule has 0 spiro atoms. The van der Waals surface area contributed by atoms with E-state index in [1.54, 1.807) is 6.07 Å². The highest BCUT2D eigenvalue weighted by molar-refractivity contribution is 5.85. The van der Waals surface area contributed by atoms with Crippen LogP contribution in [0.5, 0.6) is 0 Å². The summed E-state index contributed by atoms with van der Waals surface area (Å²) in [6.07, 6.45) is 1.26. The normalized spacial score (nSPS) is 17.0. The summed E-state index contributed by atoms with van der Waals surface area (Å²) in [5, 5.41) is 19.5. The molecule has 1 aliphatic heterocycles. The molecule has 23 heavy (non-hydrogen) atoms. The number of aliphatic hydroxyl groups is 1. The van der Waals surface area contributed by atoms with Crippen LogP contribution in [-0.4, -0.2) is 34.3 Å². The Labute approximate surface area is 135 Å². The Bertz CT molecular complexity index is 667. The van der Waals surface area contributed by atoms with E-state index in [9.17, 15) is 9.90 Å². The quantitative estimate of drug-likeness (QED) is 0.908. The molecule has 0 bridgehead atoms. The molecule has 2 N–H and O–H groups in total. The second-order valence-electron chi connectivity index (χ2n) is 5.87. The van der Waals surface area contributed by atoms with Gasteiger partial charge in [-0.2, -0.15) is 0 Å². The third kappa shape index (κ3) is 3.51. The van der Waals surface area contributed by atoms with Crippen molar-refractivity contribution in [2.75, 3.05) is 18.0 Å². The lowest BCUT2D eigenvalue weighted by Crippen LogP contribution is -2.36. The summed E-state index contributed by atoms with van der Waals surface area (Å²) >= 11 is 0. The highest BCUT2D eigenvalue weighted by atomic mass is 16.4. The van der Waals surface area contributed by atoms with E-state index in [4.69, 9.17) is 5.11 Å². The Morgan fingerprint density at radius 3 is 2.43 bits per heavy atom. The van der Waals surface area contributed by atoms with Crippen LogP contribution >= 0.6 is 0 Å². The molecule has 0 saturated carbocycles. The van der Waals surface area contributed by atoms with Crippen molar-refractivity contribution in [2.24, 2.45) is 5.92 Å². The van der Waals surface area contributed by atoms with E-state index in [-0.39, 0.29) is 11.6 Å². The topological polar surface area (TPSA) is 73.7 Å². The van der Waals surface area contributed by atoms with E-state index < -0.39 is 12.1 Å². The zero-order chi connectivity index (χ0) is 16.2. The standard InChI is InChI=1S/C18H20N2O3/c21-17(13-5-2-1-3-6-13)14-9-11-20(12-10-14)16-8-4-7-15(19-16)18(22)23/h1-8,14,17,21H,9-12H2,(H,22,23). The van der Waals surface area contributed by atoms with Crippen LogP contribution in [0.25, 0.3) is 0 Å². The number of aromatic nitrogens is 1. The summed E-state index contributed by atoms with van der Waals surface area (Å²) in [6.45, 7) is 1.54. The van der Waals surface area contributed by atoms with E-state index in [1.807, 2.05) is 36.4 Å². The van der Waals surface area contributed by atoms with Crippen LogP contribution in [-0.2, 0) is 0 Å². The predicted octanol–water partition coefficient (Wildman–Crippen LogP) is 2.73. The number of carboxylic acids is 1. The molecule has 1 atom stereocenters. The monoisotopic (exact) mass is 312 g/mol. The minimum atomic E-state index is -1.01.